The molecule has 136 valence electrons. The number of fused-ring (bicyclic) bond motifs is 2. The minimum atomic E-state index is -0.464. The lowest BCUT2D eigenvalue weighted by Gasteiger charge is -2.38. The summed E-state index contributed by atoms with van der Waals surface area (Å²) in [7, 11) is 2.69. The smallest absolute Gasteiger partial charge is 0.334 e. The molecule has 0 spiro atoms. The molecule has 1 saturated carbocycles. The summed E-state index contributed by atoms with van der Waals surface area (Å²) in [5, 5.41) is 10.8. The highest BCUT2D eigenvalue weighted by molar-refractivity contribution is 6.02. The predicted molar refractivity (Wildman–Crippen MR) is 93.2 cm³/mol. The summed E-state index contributed by atoms with van der Waals surface area (Å²) in [6.07, 6.45) is 2.49. The number of carbonyl (C=O) groups excluding carboxylic acids is 2. The number of para-hydroxylation sites is 1. The molecular weight excluding hydrogens is 334 g/mol. The Bertz CT molecular complexity index is 789. The van der Waals surface area contributed by atoms with Crippen LogP contribution < -0.4 is 5.01 Å². The lowest BCUT2D eigenvalue weighted by atomic mass is 9.71. The van der Waals surface area contributed by atoms with Crippen LogP contribution in [0.3, 0.4) is 0 Å². The van der Waals surface area contributed by atoms with Gasteiger partial charge >= 0.3 is 11.9 Å². The van der Waals surface area contributed by atoms with E-state index in [0.717, 1.165) is 24.9 Å². The highest BCUT2D eigenvalue weighted by Gasteiger charge is 2.55. The number of benzene rings is 1. The van der Waals surface area contributed by atoms with Crippen molar-refractivity contribution in [1.82, 2.24) is 0 Å². The minimum absolute atomic E-state index is 0.0904. The number of carbonyl (C=O) groups is 2. The number of anilines is 1. The third-order valence-corrected chi connectivity index (χ3v) is 5.63. The highest BCUT2D eigenvalue weighted by atomic mass is 16.5. The number of hydrogen-bond donors (Lipinski definition) is 0. The molecule has 7 heteroatoms. The molecule has 0 radical (unpaired) electrons. The molecule has 1 aromatic carbocycles. The normalized spacial score (nSPS) is 29.4. The molecule has 4 aliphatic rings. The average molecular weight is 355 g/mol. The van der Waals surface area contributed by atoms with Crippen LogP contribution in [0.2, 0.25) is 0 Å². The van der Waals surface area contributed by atoms with Crippen molar-refractivity contribution in [2.45, 2.75) is 31.3 Å². The van der Waals surface area contributed by atoms with Gasteiger partial charge in [0.2, 0.25) is 0 Å². The van der Waals surface area contributed by atoms with Gasteiger partial charge in [-0.15, -0.1) is 0 Å². The Morgan fingerprint density at radius 3 is 2.27 bits per heavy atom. The van der Waals surface area contributed by atoms with E-state index in [0.29, 0.717) is 11.1 Å². The lowest BCUT2D eigenvalue weighted by Crippen LogP contribution is -2.50. The van der Waals surface area contributed by atoms with Gasteiger partial charge in [0.1, 0.15) is 6.04 Å². The number of esters is 2. The quantitative estimate of drug-likeness (QED) is 0.779. The second-order valence-corrected chi connectivity index (χ2v) is 6.82. The zero-order valence-corrected chi connectivity index (χ0v) is 14.8. The van der Waals surface area contributed by atoms with Crippen LogP contribution in [-0.2, 0) is 19.1 Å². The molecule has 1 fully saturated rings. The number of ether oxygens (including phenoxy) is 2. The van der Waals surface area contributed by atoms with Crippen molar-refractivity contribution < 1.29 is 19.1 Å². The SMILES string of the molecule is COC(=O)C1=C(C(=O)OC)[C@H]2CCC[C@H]1[C@H]1N=NN(c3ccccc3)[C@@H]12. The Balaban J connectivity index is 1.84. The van der Waals surface area contributed by atoms with Gasteiger partial charge in [-0.2, -0.15) is 5.11 Å². The van der Waals surface area contributed by atoms with E-state index >= 15 is 0 Å². The van der Waals surface area contributed by atoms with Gasteiger partial charge in [-0.3, -0.25) is 0 Å². The van der Waals surface area contributed by atoms with E-state index < -0.39 is 11.9 Å². The van der Waals surface area contributed by atoms with Crippen LogP contribution in [0.1, 0.15) is 19.3 Å². The van der Waals surface area contributed by atoms with Crippen molar-refractivity contribution in [3.05, 3.63) is 41.5 Å². The second-order valence-electron chi connectivity index (χ2n) is 6.82. The van der Waals surface area contributed by atoms with Gasteiger partial charge in [0.15, 0.2) is 0 Å². The number of methoxy groups -OCH3 is 2. The Hall–Kier alpha value is -2.70. The molecule has 0 amide bonds. The van der Waals surface area contributed by atoms with Crippen LogP contribution in [0, 0.1) is 11.8 Å². The molecule has 26 heavy (non-hydrogen) atoms. The van der Waals surface area contributed by atoms with Crippen molar-refractivity contribution in [1.29, 1.82) is 0 Å². The summed E-state index contributed by atoms with van der Waals surface area (Å²) in [5.41, 5.74) is 1.80. The summed E-state index contributed by atoms with van der Waals surface area (Å²) in [6, 6.07) is 9.54. The number of hydrogen-bond acceptors (Lipinski definition) is 7. The first kappa shape index (κ1) is 16.8. The summed E-state index contributed by atoms with van der Waals surface area (Å²) < 4.78 is 10.0. The first-order valence-electron chi connectivity index (χ1n) is 8.83. The molecule has 1 aliphatic heterocycles. The third-order valence-electron chi connectivity index (χ3n) is 5.63. The molecule has 4 atom stereocenters. The van der Waals surface area contributed by atoms with Crippen molar-refractivity contribution in [3.8, 4) is 0 Å². The molecule has 7 nitrogen and oxygen atoms in total. The molecule has 0 unspecified atom stereocenters. The number of nitrogens with zero attached hydrogens (tertiary/aromatic N) is 3. The zero-order chi connectivity index (χ0) is 18.3. The van der Waals surface area contributed by atoms with Crippen molar-refractivity contribution in [2.24, 2.45) is 22.2 Å². The van der Waals surface area contributed by atoms with E-state index in [-0.39, 0.29) is 23.9 Å². The zero-order valence-electron chi connectivity index (χ0n) is 14.8. The summed E-state index contributed by atoms with van der Waals surface area (Å²) >= 11 is 0. The summed E-state index contributed by atoms with van der Waals surface area (Å²) in [6.45, 7) is 0. The molecule has 1 heterocycles. The van der Waals surface area contributed by atoms with E-state index in [4.69, 9.17) is 9.47 Å². The Labute approximate surface area is 151 Å². The van der Waals surface area contributed by atoms with Gasteiger partial charge in [0.05, 0.1) is 37.1 Å². The van der Waals surface area contributed by atoms with Crippen LogP contribution >= 0.6 is 0 Å². The lowest BCUT2D eigenvalue weighted by molar-refractivity contribution is -0.140. The summed E-state index contributed by atoms with van der Waals surface area (Å²) in [5.74, 6) is -1.27. The van der Waals surface area contributed by atoms with Gasteiger partial charge in [-0.25, -0.2) is 14.6 Å². The largest absolute Gasteiger partial charge is 0.466 e. The molecule has 0 N–H and O–H groups in total. The van der Waals surface area contributed by atoms with Crippen molar-refractivity contribution >= 4 is 17.6 Å². The highest BCUT2D eigenvalue weighted by Crippen LogP contribution is 2.50. The van der Waals surface area contributed by atoms with Gasteiger partial charge in [0.25, 0.3) is 0 Å². The maximum Gasteiger partial charge on any atom is 0.334 e. The Morgan fingerprint density at radius 2 is 1.62 bits per heavy atom. The first-order valence-corrected chi connectivity index (χ1v) is 8.83. The predicted octanol–water partition coefficient (Wildman–Crippen LogP) is 2.68. The summed E-state index contributed by atoms with van der Waals surface area (Å²) in [4.78, 5) is 25.1. The van der Waals surface area contributed by atoms with Gasteiger partial charge in [-0.05, 0) is 25.0 Å². The Kier molecular flexibility index (Phi) is 4.22. The van der Waals surface area contributed by atoms with E-state index in [1.54, 1.807) is 0 Å². The van der Waals surface area contributed by atoms with E-state index in [1.807, 2.05) is 35.3 Å². The molecule has 3 aliphatic carbocycles. The molecular formula is C19H21N3O4. The van der Waals surface area contributed by atoms with Gasteiger partial charge < -0.3 is 9.47 Å². The fraction of sp³-hybridized carbons (Fsp3) is 0.474. The molecule has 5 rings (SSSR count). The van der Waals surface area contributed by atoms with E-state index in [1.165, 1.54) is 14.2 Å². The monoisotopic (exact) mass is 355 g/mol. The molecule has 0 saturated heterocycles. The standard InChI is InChI=1S/C19H21N3O4/c1-25-18(23)14-12-9-6-10-13(15(14)19(24)26-2)17-16(12)20-21-22(17)11-7-4-3-5-8-11/h3-5,7-8,12-13,16-17H,6,9-10H2,1-2H3/t12-,13-,16-,17-/m1/s1. The first-order chi connectivity index (χ1) is 12.7. The third kappa shape index (κ3) is 2.41. The van der Waals surface area contributed by atoms with Crippen molar-refractivity contribution in [3.63, 3.8) is 0 Å². The fourth-order valence-electron chi connectivity index (χ4n) is 4.59. The molecule has 2 bridgehead atoms. The van der Waals surface area contributed by atoms with Crippen molar-refractivity contribution in [2.75, 3.05) is 19.2 Å². The topological polar surface area (TPSA) is 80.6 Å². The average Bonchev–Trinajstić information content (AvgIpc) is 2.94. The van der Waals surface area contributed by atoms with E-state index in [2.05, 4.69) is 10.3 Å². The van der Waals surface area contributed by atoms with Crippen LogP contribution in [0.4, 0.5) is 5.69 Å². The maximum absolute atomic E-state index is 12.6. The van der Waals surface area contributed by atoms with Crippen LogP contribution in [0.15, 0.2) is 51.8 Å². The number of rotatable bonds is 3. The Morgan fingerprint density at radius 1 is 1.00 bits per heavy atom. The van der Waals surface area contributed by atoms with Crippen LogP contribution in [0.25, 0.3) is 0 Å². The van der Waals surface area contributed by atoms with Crippen LogP contribution in [0.5, 0.6) is 0 Å². The second kappa shape index (κ2) is 6.55. The van der Waals surface area contributed by atoms with Crippen LogP contribution in [-0.4, -0.2) is 38.2 Å². The maximum atomic E-state index is 12.6. The minimum Gasteiger partial charge on any atom is -0.466 e. The van der Waals surface area contributed by atoms with Gasteiger partial charge in [0, 0.05) is 11.8 Å². The van der Waals surface area contributed by atoms with Gasteiger partial charge in [-0.1, -0.05) is 29.8 Å². The molecule has 1 aromatic rings. The van der Waals surface area contributed by atoms with E-state index in [9.17, 15) is 9.59 Å². The fourth-order valence-corrected chi connectivity index (χ4v) is 4.59. The molecule has 0 aromatic heterocycles.